The molecule has 2 atom stereocenters. The van der Waals surface area contributed by atoms with E-state index in [4.69, 9.17) is 4.42 Å². The van der Waals surface area contributed by atoms with Gasteiger partial charge < -0.3 is 15.1 Å². The van der Waals surface area contributed by atoms with E-state index in [0.717, 1.165) is 23.4 Å². The highest BCUT2D eigenvalue weighted by atomic mass is 35.5. The monoisotopic (exact) mass is 367 g/mol. The van der Waals surface area contributed by atoms with Crippen LogP contribution in [0.5, 0.6) is 0 Å². The summed E-state index contributed by atoms with van der Waals surface area (Å²) in [5, 5.41) is 8.58. The van der Waals surface area contributed by atoms with Crippen molar-refractivity contribution in [2.75, 3.05) is 0 Å². The minimum Gasteiger partial charge on any atom is -0.443 e. The van der Waals surface area contributed by atoms with Crippen LogP contribution in [0.4, 0.5) is 0 Å². The molecule has 0 radical (unpaired) electrons. The molecule has 2 saturated heterocycles. The normalized spacial score (nSPS) is 25.2. The van der Waals surface area contributed by atoms with Crippen LogP contribution >= 0.6 is 23.7 Å². The zero-order chi connectivity index (χ0) is 15.6. The van der Waals surface area contributed by atoms with Crippen LogP contribution in [-0.4, -0.2) is 23.0 Å². The number of carbonyl (C=O) groups excluding carboxylic acids is 1. The summed E-state index contributed by atoms with van der Waals surface area (Å²) in [5.74, 6) is 1.27. The highest BCUT2D eigenvalue weighted by Crippen LogP contribution is 2.32. The summed E-state index contributed by atoms with van der Waals surface area (Å²) in [7, 11) is 0. The highest BCUT2D eigenvalue weighted by Gasteiger charge is 2.34. The number of hydrogen-bond donors (Lipinski definition) is 2. The fourth-order valence-corrected chi connectivity index (χ4v) is 4.42. The van der Waals surface area contributed by atoms with Crippen molar-refractivity contribution in [3.05, 3.63) is 29.5 Å². The predicted molar refractivity (Wildman–Crippen MR) is 96.2 cm³/mol. The first-order chi connectivity index (χ1) is 11.3. The maximum atomic E-state index is 12.2. The van der Waals surface area contributed by atoms with Gasteiger partial charge in [-0.3, -0.25) is 4.79 Å². The van der Waals surface area contributed by atoms with E-state index in [1.165, 1.54) is 12.8 Å². The molecule has 0 aliphatic carbocycles. The molecule has 4 rings (SSSR count). The second-order valence-electron chi connectivity index (χ2n) is 6.58. The second kappa shape index (κ2) is 7.68. The van der Waals surface area contributed by atoms with Gasteiger partial charge in [0.25, 0.3) is 0 Å². The number of aromatic nitrogens is 1. The van der Waals surface area contributed by atoms with Gasteiger partial charge >= 0.3 is 0 Å². The van der Waals surface area contributed by atoms with Crippen molar-refractivity contribution in [2.24, 2.45) is 5.92 Å². The van der Waals surface area contributed by atoms with Gasteiger partial charge in [-0.2, -0.15) is 0 Å². The molecule has 2 aromatic heterocycles. The van der Waals surface area contributed by atoms with Gasteiger partial charge in [0.1, 0.15) is 6.26 Å². The van der Waals surface area contributed by atoms with E-state index in [2.05, 4.69) is 15.6 Å². The number of fused-ring (bicyclic) bond motifs is 2. The Morgan fingerprint density at radius 2 is 2.17 bits per heavy atom. The summed E-state index contributed by atoms with van der Waals surface area (Å²) in [6.07, 6.45) is 7.07. The summed E-state index contributed by atoms with van der Waals surface area (Å²) in [6, 6.07) is 5.22. The Labute approximate surface area is 151 Å². The molecule has 0 aromatic carbocycles. The van der Waals surface area contributed by atoms with Gasteiger partial charge in [-0.25, -0.2) is 4.98 Å². The molecule has 2 aromatic rings. The maximum Gasteiger partial charge on any atom is 0.236 e. The number of hydrogen-bond acceptors (Lipinski definition) is 5. The molecule has 2 N–H and O–H groups in total. The molecule has 0 spiro atoms. The molecule has 24 heavy (non-hydrogen) atoms. The number of carbonyl (C=O) groups is 1. The van der Waals surface area contributed by atoms with E-state index in [0.29, 0.717) is 36.9 Å². The van der Waals surface area contributed by atoms with Crippen molar-refractivity contribution in [3.63, 3.8) is 0 Å². The van der Waals surface area contributed by atoms with Crippen LogP contribution in [-0.2, 0) is 11.3 Å². The van der Waals surface area contributed by atoms with Gasteiger partial charge in [0.2, 0.25) is 11.8 Å². The molecule has 7 heteroatoms. The van der Waals surface area contributed by atoms with Gasteiger partial charge in [-0.05, 0) is 43.0 Å². The van der Waals surface area contributed by atoms with Crippen molar-refractivity contribution in [1.29, 1.82) is 0 Å². The number of rotatable bonds is 5. The summed E-state index contributed by atoms with van der Waals surface area (Å²) < 4.78 is 5.47. The largest absolute Gasteiger partial charge is 0.443 e. The Hall–Kier alpha value is -1.37. The molecule has 5 nitrogen and oxygen atoms in total. The highest BCUT2D eigenvalue weighted by molar-refractivity contribution is 7.13. The van der Waals surface area contributed by atoms with Gasteiger partial charge in [-0.1, -0.05) is 6.07 Å². The zero-order valence-electron chi connectivity index (χ0n) is 13.4. The number of thiophene rings is 1. The average molecular weight is 368 g/mol. The first kappa shape index (κ1) is 17.5. The minimum absolute atomic E-state index is 0. The summed E-state index contributed by atoms with van der Waals surface area (Å²) in [4.78, 5) is 17.6. The minimum atomic E-state index is 0. The molecule has 2 aliphatic rings. The first-order valence-electron chi connectivity index (χ1n) is 8.27. The van der Waals surface area contributed by atoms with Crippen LogP contribution in [0.2, 0.25) is 0 Å². The smallest absolute Gasteiger partial charge is 0.236 e. The van der Waals surface area contributed by atoms with Crippen molar-refractivity contribution in [2.45, 2.75) is 50.7 Å². The van der Waals surface area contributed by atoms with Crippen molar-refractivity contribution in [1.82, 2.24) is 15.6 Å². The lowest BCUT2D eigenvalue weighted by Gasteiger charge is -2.28. The summed E-state index contributed by atoms with van der Waals surface area (Å²) in [5.41, 5.74) is 0.770. The first-order valence-corrected chi connectivity index (χ1v) is 9.15. The fraction of sp³-hybridized carbons (Fsp3) is 0.529. The van der Waals surface area contributed by atoms with Crippen LogP contribution in [0.25, 0.3) is 10.8 Å². The third-order valence-electron chi connectivity index (χ3n) is 4.80. The molecule has 2 aliphatic heterocycles. The molecule has 2 unspecified atom stereocenters. The number of nitrogens with zero attached hydrogens (tertiary/aromatic N) is 1. The quantitative estimate of drug-likeness (QED) is 0.850. The van der Waals surface area contributed by atoms with Crippen molar-refractivity contribution < 1.29 is 9.21 Å². The Morgan fingerprint density at radius 3 is 2.88 bits per heavy atom. The Bertz CT molecular complexity index is 661. The van der Waals surface area contributed by atoms with E-state index in [-0.39, 0.29) is 18.3 Å². The number of halogens is 1. The number of oxazole rings is 1. The molecule has 2 bridgehead atoms. The topological polar surface area (TPSA) is 67.2 Å². The van der Waals surface area contributed by atoms with Crippen molar-refractivity contribution >= 4 is 29.7 Å². The van der Waals surface area contributed by atoms with E-state index >= 15 is 0 Å². The number of amides is 1. The lowest BCUT2D eigenvalue weighted by molar-refractivity contribution is -0.122. The Balaban J connectivity index is 0.00000169. The third-order valence-corrected chi connectivity index (χ3v) is 5.65. The number of nitrogens with one attached hydrogen (secondary N) is 2. The lowest BCUT2D eigenvalue weighted by atomic mass is 9.89. The molecule has 4 heterocycles. The third kappa shape index (κ3) is 3.99. The summed E-state index contributed by atoms with van der Waals surface area (Å²) >= 11 is 1.59. The molecule has 1 amide bonds. The van der Waals surface area contributed by atoms with E-state index in [1.807, 2.05) is 17.5 Å². The predicted octanol–water partition coefficient (Wildman–Crippen LogP) is 3.36. The summed E-state index contributed by atoms with van der Waals surface area (Å²) in [6.45, 7) is 0.436. The van der Waals surface area contributed by atoms with Crippen molar-refractivity contribution in [3.8, 4) is 10.8 Å². The van der Waals surface area contributed by atoms with Gasteiger partial charge in [-0.15, -0.1) is 23.7 Å². The zero-order valence-corrected chi connectivity index (χ0v) is 15.0. The lowest BCUT2D eigenvalue weighted by Crippen LogP contribution is -2.39. The fourth-order valence-electron chi connectivity index (χ4n) is 3.77. The second-order valence-corrected chi connectivity index (χ2v) is 7.53. The van der Waals surface area contributed by atoms with Crippen LogP contribution in [0.3, 0.4) is 0 Å². The SMILES string of the molecule is Cl.O=C(CC1CC2CCC(C1)N2)NCc1coc(-c2cccs2)n1. The molecule has 2 fully saturated rings. The van der Waals surface area contributed by atoms with Gasteiger partial charge in [0, 0.05) is 18.5 Å². The average Bonchev–Trinajstić information content (AvgIpc) is 3.26. The van der Waals surface area contributed by atoms with E-state index in [9.17, 15) is 4.79 Å². The molecule has 130 valence electrons. The van der Waals surface area contributed by atoms with E-state index < -0.39 is 0 Å². The Morgan fingerprint density at radius 1 is 1.38 bits per heavy atom. The van der Waals surface area contributed by atoms with Gasteiger partial charge in [0.15, 0.2) is 0 Å². The van der Waals surface area contributed by atoms with Crippen LogP contribution in [0.1, 0.15) is 37.8 Å². The van der Waals surface area contributed by atoms with E-state index in [1.54, 1.807) is 17.6 Å². The standard InChI is InChI=1S/C17H21N3O2S.ClH/c21-16(8-11-6-12-3-4-13(7-11)19-12)18-9-14-10-22-17(20-14)15-2-1-5-23-15;/h1-2,5,10-13,19H,3-4,6-9H2,(H,18,21);1H. The molecule has 0 saturated carbocycles. The number of piperidine rings is 1. The van der Waals surface area contributed by atoms with Gasteiger partial charge in [0.05, 0.1) is 17.1 Å². The van der Waals surface area contributed by atoms with Crippen LogP contribution in [0, 0.1) is 5.92 Å². The Kier molecular flexibility index (Phi) is 5.58. The van der Waals surface area contributed by atoms with Crippen LogP contribution < -0.4 is 10.6 Å². The molecular formula is C17H22ClN3O2S. The molecular weight excluding hydrogens is 346 g/mol. The maximum absolute atomic E-state index is 12.2. The van der Waals surface area contributed by atoms with Crippen LogP contribution in [0.15, 0.2) is 28.2 Å².